The third-order valence-electron chi connectivity index (χ3n) is 4.56. The zero-order valence-corrected chi connectivity index (χ0v) is 11.7. The first-order valence-electron chi connectivity index (χ1n) is 6.93. The molecule has 1 aliphatic heterocycles. The van der Waals surface area contributed by atoms with Crippen LogP contribution in [0.25, 0.3) is 11.2 Å². The molecule has 22 heavy (non-hydrogen) atoms. The third kappa shape index (κ3) is 1.58. The fraction of sp³-hybridized carbons (Fsp3) is 0.538. The summed E-state index contributed by atoms with van der Waals surface area (Å²) in [5, 5.41) is 20.6. The molecule has 4 rings (SSSR count). The zero-order chi connectivity index (χ0) is 15.6. The van der Waals surface area contributed by atoms with E-state index < -0.39 is 30.0 Å². The molecule has 1 saturated carbocycles. The van der Waals surface area contributed by atoms with Gasteiger partial charge in [-0.1, -0.05) is 0 Å². The normalized spacial score (nSPS) is 37.0. The van der Waals surface area contributed by atoms with Gasteiger partial charge in [0.2, 0.25) is 0 Å². The molecule has 0 bridgehead atoms. The van der Waals surface area contributed by atoms with Crippen LogP contribution in [0, 0.1) is 5.92 Å². The number of ketones is 1. The van der Waals surface area contributed by atoms with Gasteiger partial charge < -0.3 is 20.7 Å². The number of fused-ring (bicyclic) bond motifs is 1. The van der Waals surface area contributed by atoms with Crippen molar-refractivity contribution in [3.8, 4) is 0 Å². The summed E-state index contributed by atoms with van der Waals surface area (Å²) in [5.41, 5.74) is 5.52. The van der Waals surface area contributed by atoms with Crippen LogP contribution in [0.15, 0.2) is 12.7 Å². The molecule has 9 nitrogen and oxygen atoms in total. The molecule has 2 aromatic heterocycles. The Balaban J connectivity index is 1.74. The summed E-state index contributed by atoms with van der Waals surface area (Å²) in [4.78, 5) is 23.6. The number of carbonyl (C=O) groups is 1. The van der Waals surface area contributed by atoms with Gasteiger partial charge in [-0.2, -0.15) is 0 Å². The number of anilines is 1. The van der Waals surface area contributed by atoms with Crippen molar-refractivity contribution in [1.82, 2.24) is 19.5 Å². The van der Waals surface area contributed by atoms with Crippen molar-refractivity contribution in [3.05, 3.63) is 12.7 Å². The van der Waals surface area contributed by atoms with Gasteiger partial charge >= 0.3 is 0 Å². The highest BCUT2D eigenvalue weighted by molar-refractivity contribution is 5.83. The topological polar surface area (TPSA) is 136 Å². The lowest BCUT2D eigenvalue weighted by Gasteiger charge is -2.16. The molecule has 0 radical (unpaired) electrons. The predicted octanol–water partition coefficient (Wildman–Crippen LogP) is -0.993. The van der Waals surface area contributed by atoms with E-state index >= 15 is 0 Å². The fourth-order valence-electron chi connectivity index (χ4n) is 3.29. The van der Waals surface area contributed by atoms with Gasteiger partial charge in [0, 0.05) is 0 Å². The molecular weight excluding hydrogens is 290 g/mol. The second kappa shape index (κ2) is 4.22. The van der Waals surface area contributed by atoms with Crippen molar-refractivity contribution in [2.45, 2.75) is 37.4 Å². The molecule has 2 aliphatic rings. The van der Waals surface area contributed by atoms with E-state index in [1.165, 1.54) is 24.1 Å². The second-order valence-corrected chi connectivity index (χ2v) is 5.85. The number of rotatable bonds is 2. The van der Waals surface area contributed by atoms with Crippen LogP contribution in [0.1, 0.15) is 19.6 Å². The predicted molar refractivity (Wildman–Crippen MR) is 73.4 cm³/mol. The smallest absolute Gasteiger partial charge is 0.167 e. The lowest BCUT2D eigenvalue weighted by Crippen LogP contribution is -2.34. The van der Waals surface area contributed by atoms with Gasteiger partial charge in [-0.3, -0.25) is 9.36 Å². The quantitative estimate of drug-likeness (QED) is 0.643. The maximum Gasteiger partial charge on any atom is 0.167 e. The van der Waals surface area contributed by atoms with E-state index in [1.54, 1.807) is 0 Å². The van der Waals surface area contributed by atoms with E-state index in [0.717, 1.165) is 0 Å². The minimum Gasteiger partial charge on any atom is -0.387 e. The molecule has 0 amide bonds. The number of hydrogen-bond donors (Lipinski definition) is 3. The number of aliphatic hydroxyl groups is 2. The summed E-state index contributed by atoms with van der Waals surface area (Å²) in [5.74, 6) is -0.231. The van der Waals surface area contributed by atoms with E-state index in [-0.39, 0.29) is 11.6 Å². The van der Waals surface area contributed by atoms with Crippen LogP contribution < -0.4 is 5.73 Å². The van der Waals surface area contributed by atoms with Crippen molar-refractivity contribution in [2.24, 2.45) is 5.92 Å². The highest BCUT2D eigenvalue weighted by Crippen LogP contribution is 2.57. The average molecular weight is 305 g/mol. The molecule has 2 aromatic rings. The van der Waals surface area contributed by atoms with Crippen molar-refractivity contribution in [2.75, 3.05) is 5.73 Å². The number of aromatic nitrogens is 4. The first kappa shape index (κ1) is 13.6. The minimum atomic E-state index is -1.18. The number of carbonyl (C=O) groups excluding carboxylic acids is 1. The highest BCUT2D eigenvalue weighted by atomic mass is 16.6. The maximum absolute atomic E-state index is 11.5. The number of aliphatic hydroxyl groups excluding tert-OH is 2. The summed E-state index contributed by atoms with van der Waals surface area (Å²) >= 11 is 0. The van der Waals surface area contributed by atoms with Gasteiger partial charge in [0.05, 0.1) is 12.2 Å². The second-order valence-electron chi connectivity index (χ2n) is 5.85. The third-order valence-corrected chi connectivity index (χ3v) is 4.56. The van der Waals surface area contributed by atoms with Crippen LogP contribution in [0.3, 0.4) is 0 Å². The first-order chi connectivity index (χ1) is 10.5. The van der Waals surface area contributed by atoms with Gasteiger partial charge in [-0.05, 0) is 13.3 Å². The molecule has 3 heterocycles. The van der Waals surface area contributed by atoms with Gasteiger partial charge in [-0.15, -0.1) is 0 Å². The van der Waals surface area contributed by atoms with E-state index in [1.807, 2.05) is 0 Å². The number of nitrogens with two attached hydrogens (primary N) is 1. The molecule has 116 valence electrons. The number of Topliss-reactive ketones (excluding diaryl/α,β-unsaturated/α-hetero) is 1. The monoisotopic (exact) mass is 305 g/mol. The Labute approximate surface area is 124 Å². The molecule has 0 aromatic carbocycles. The van der Waals surface area contributed by atoms with E-state index in [4.69, 9.17) is 10.5 Å². The molecule has 1 aliphatic carbocycles. The SMILES string of the molecule is CC(=O)[C@H]1C[C@]12O[C@@H](n1cnc3c(N)ncnc31)[C@@H](O)C2O. The van der Waals surface area contributed by atoms with Crippen molar-refractivity contribution < 1.29 is 19.7 Å². The van der Waals surface area contributed by atoms with Gasteiger partial charge in [0.1, 0.15) is 35.4 Å². The molecular formula is C13H15N5O4. The Bertz CT molecular complexity index is 777. The summed E-state index contributed by atoms with van der Waals surface area (Å²) < 4.78 is 7.36. The minimum absolute atomic E-state index is 0.0611. The number of hydrogen-bond acceptors (Lipinski definition) is 8. The summed E-state index contributed by atoms with van der Waals surface area (Å²) in [7, 11) is 0. The van der Waals surface area contributed by atoms with Crippen LogP contribution in [-0.2, 0) is 9.53 Å². The van der Waals surface area contributed by atoms with Gasteiger partial charge in [-0.25, -0.2) is 15.0 Å². The lowest BCUT2D eigenvalue weighted by molar-refractivity contribution is -0.122. The standard InChI is InChI=1S/C13H15N5O4/c1-5(19)6-2-13(6)9(21)8(20)12(22-13)18-4-17-7-10(14)15-3-16-11(7)18/h3-4,6,8-9,12,20-21H,2H2,1H3,(H2,14,15,16)/t6-,8+,9?,12-,13+/m1/s1. The molecule has 1 unspecified atom stereocenters. The van der Waals surface area contributed by atoms with Gasteiger partial charge in [0.15, 0.2) is 17.7 Å². The van der Waals surface area contributed by atoms with E-state index in [2.05, 4.69) is 15.0 Å². The van der Waals surface area contributed by atoms with Crippen LogP contribution in [0.5, 0.6) is 0 Å². The number of ether oxygens (including phenoxy) is 1. The molecule has 9 heteroatoms. The van der Waals surface area contributed by atoms with Crippen LogP contribution >= 0.6 is 0 Å². The summed E-state index contributed by atoms with van der Waals surface area (Å²) in [6.45, 7) is 1.45. The van der Waals surface area contributed by atoms with Crippen LogP contribution in [0.2, 0.25) is 0 Å². The van der Waals surface area contributed by atoms with Gasteiger partial charge in [0.25, 0.3) is 0 Å². The number of nitrogens with zero attached hydrogens (tertiary/aromatic N) is 4. The molecule has 4 N–H and O–H groups in total. The maximum atomic E-state index is 11.5. The van der Waals surface area contributed by atoms with Crippen molar-refractivity contribution in [1.29, 1.82) is 0 Å². The largest absolute Gasteiger partial charge is 0.387 e. The molecule has 1 saturated heterocycles. The molecule has 1 spiro atoms. The summed E-state index contributed by atoms with van der Waals surface area (Å²) in [6, 6.07) is 0. The Kier molecular flexibility index (Phi) is 2.60. The highest BCUT2D eigenvalue weighted by Gasteiger charge is 2.70. The van der Waals surface area contributed by atoms with Crippen LogP contribution in [-0.4, -0.2) is 53.3 Å². The van der Waals surface area contributed by atoms with Crippen molar-refractivity contribution in [3.63, 3.8) is 0 Å². The first-order valence-corrected chi connectivity index (χ1v) is 6.93. The van der Waals surface area contributed by atoms with E-state index in [9.17, 15) is 15.0 Å². The van der Waals surface area contributed by atoms with E-state index in [0.29, 0.717) is 17.6 Å². The Morgan fingerprint density at radius 3 is 2.91 bits per heavy atom. The Morgan fingerprint density at radius 2 is 2.23 bits per heavy atom. The fourth-order valence-corrected chi connectivity index (χ4v) is 3.29. The number of nitrogen functional groups attached to an aromatic ring is 1. The van der Waals surface area contributed by atoms with Crippen molar-refractivity contribution >= 4 is 22.8 Å². The average Bonchev–Trinajstić information content (AvgIpc) is 2.99. The molecule has 2 fully saturated rings. The zero-order valence-electron chi connectivity index (χ0n) is 11.7. The number of imidazole rings is 1. The summed E-state index contributed by atoms with van der Waals surface area (Å²) in [6.07, 6.45) is -0.0696. The Morgan fingerprint density at radius 1 is 1.45 bits per heavy atom. The Hall–Kier alpha value is -2.10. The van der Waals surface area contributed by atoms with Crippen LogP contribution in [0.4, 0.5) is 5.82 Å². The lowest BCUT2D eigenvalue weighted by atomic mass is 10.1. The molecule has 5 atom stereocenters.